The molecular formula is C19H20F2N2O5. The first-order valence-electron chi connectivity index (χ1n) is 8.46. The molecular weight excluding hydrogens is 374 g/mol. The fourth-order valence-electron chi connectivity index (χ4n) is 2.55. The molecule has 0 fully saturated rings. The largest absolute Gasteiger partial charge is 0.503 e. The summed E-state index contributed by atoms with van der Waals surface area (Å²) >= 11 is 0. The Bertz CT molecular complexity index is 972. The fourth-order valence-corrected chi connectivity index (χ4v) is 2.55. The third-order valence-electron chi connectivity index (χ3n) is 4.25. The highest BCUT2D eigenvalue weighted by molar-refractivity contribution is 6.01. The lowest BCUT2D eigenvalue weighted by atomic mass is 10.1. The number of halogens is 2. The number of amides is 1. The first kappa shape index (κ1) is 21.2. The number of nitrogens with zero attached hydrogens (tertiary/aromatic N) is 1. The molecule has 0 spiro atoms. The summed E-state index contributed by atoms with van der Waals surface area (Å²) in [6.45, 7) is 3.02. The van der Waals surface area contributed by atoms with Crippen molar-refractivity contribution < 1.29 is 28.2 Å². The Morgan fingerprint density at radius 1 is 1.32 bits per heavy atom. The minimum absolute atomic E-state index is 0.0236. The van der Waals surface area contributed by atoms with E-state index in [0.717, 1.165) is 12.3 Å². The molecule has 7 nitrogen and oxygen atoms in total. The van der Waals surface area contributed by atoms with Crippen molar-refractivity contribution in [2.45, 2.75) is 33.0 Å². The van der Waals surface area contributed by atoms with Crippen molar-refractivity contribution in [1.82, 2.24) is 9.88 Å². The van der Waals surface area contributed by atoms with Crippen molar-refractivity contribution in [3.05, 3.63) is 63.1 Å². The molecule has 1 aromatic carbocycles. The number of carbonyl (C=O) groups excluding carboxylic acids is 2. The lowest BCUT2D eigenvalue weighted by Gasteiger charge is -2.17. The Balaban J connectivity index is 2.35. The Kier molecular flexibility index (Phi) is 6.63. The van der Waals surface area contributed by atoms with E-state index in [1.165, 1.54) is 24.7 Å². The van der Waals surface area contributed by atoms with Gasteiger partial charge in [0.05, 0.1) is 0 Å². The minimum Gasteiger partial charge on any atom is -0.503 e. The number of aromatic nitrogens is 1. The average Bonchev–Trinajstić information content (AvgIpc) is 2.67. The molecule has 2 aromatic rings. The number of Topliss-reactive ketones (excluding diaryl/α,β-unsaturated/α-hetero) is 1. The maximum Gasteiger partial charge on any atom is 0.257 e. The van der Waals surface area contributed by atoms with Crippen LogP contribution in [-0.2, 0) is 17.8 Å². The van der Waals surface area contributed by atoms with Gasteiger partial charge in [-0.25, -0.2) is 8.78 Å². The average molecular weight is 394 g/mol. The molecule has 0 saturated carbocycles. The summed E-state index contributed by atoms with van der Waals surface area (Å²) in [4.78, 5) is 37.1. The van der Waals surface area contributed by atoms with Crippen LogP contribution in [0.25, 0.3) is 0 Å². The predicted molar refractivity (Wildman–Crippen MR) is 96.4 cm³/mol. The van der Waals surface area contributed by atoms with E-state index < -0.39 is 46.2 Å². The van der Waals surface area contributed by atoms with Gasteiger partial charge >= 0.3 is 0 Å². The molecule has 0 saturated heterocycles. The molecule has 2 N–H and O–H groups in total. The van der Waals surface area contributed by atoms with Gasteiger partial charge in [0.25, 0.3) is 5.91 Å². The van der Waals surface area contributed by atoms with Gasteiger partial charge < -0.3 is 19.7 Å². The van der Waals surface area contributed by atoms with Crippen molar-refractivity contribution in [2.75, 3.05) is 7.11 Å². The lowest BCUT2D eigenvalue weighted by Crippen LogP contribution is -2.32. The Morgan fingerprint density at radius 2 is 2.00 bits per heavy atom. The molecule has 1 unspecified atom stereocenters. The maximum absolute atomic E-state index is 13.7. The molecule has 0 radical (unpaired) electrons. The molecule has 0 aliphatic carbocycles. The normalized spacial score (nSPS) is 11.9. The van der Waals surface area contributed by atoms with Crippen LogP contribution in [0.15, 0.2) is 29.2 Å². The maximum atomic E-state index is 13.7. The van der Waals surface area contributed by atoms with Gasteiger partial charge in [-0.05, 0) is 19.9 Å². The number of nitrogens with one attached hydrogen (secondary N) is 1. The van der Waals surface area contributed by atoms with Crippen molar-refractivity contribution in [1.29, 1.82) is 0 Å². The zero-order chi connectivity index (χ0) is 21.0. The van der Waals surface area contributed by atoms with Crippen molar-refractivity contribution in [3.8, 4) is 5.75 Å². The van der Waals surface area contributed by atoms with E-state index in [2.05, 4.69) is 5.32 Å². The molecule has 1 heterocycles. The number of aromatic hydroxyl groups is 1. The minimum atomic E-state index is -1.03. The fraction of sp³-hybridized carbons (Fsp3) is 0.316. The topological polar surface area (TPSA) is 97.6 Å². The van der Waals surface area contributed by atoms with E-state index in [1.807, 2.05) is 0 Å². The SMILES string of the molecule is CCn1cc(C(=O)NCc2ccc(F)cc2F)c(=O)c(O)c1C(=O)C(C)OC. The molecule has 0 aliphatic heterocycles. The summed E-state index contributed by atoms with van der Waals surface area (Å²) in [7, 11) is 1.31. The quantitative estimate of drug-likeness (QED) is 0.700. The molecule has 1 atom stereocenters. The number of rotatable bonds is 7. The summed E-state index contributed by atoms with van der Waals surface area (Å²) in [6, 6.07) is 2.88. The first-order chi connectivity index (χ1) is 13.2. The number of ketones is 1. The Labute approximate surface area is 159 Å². The van der Waals surface area contributed by atoms with Crippen LogP contribution in [0.4, 0.5) is 8.78 Å². The highest BCUT2D eigenvalue weighted by atomic mass is 19.1. The van der Waals surface area contributed by atoms with E-state index in [1.54, 1.807) is 6.92 Å². The molecule has 1 aromatic heterocycles. The zero-order valence-corrected chi connectivity index (χ0v) is 15.6. The van der Waals surface area contributed by atoms with Gasteiger partial charge in [0.1, 0.15) is 29.0 Å². The van der Waals surface area contributed by atoms with E-state index in [-0.39, 0.29) is 24.3 Å². The number of pyridine rings is 1. The third-order valence-corrected chi connectivity index (χ3v) is 4.25. The van der Waals surface area contributed by atoms with Crippen LogP contribution in [0.1, 0.15) is 40.3 Å². The number of hydrogen-bond donors (Lipinski definition) is 2. The standard InChI is InChI=1S/C19H20F2N2O5/c1-4-23-9-13(17(25)18(26)15(23)16(24)10(2)28-3)19(27)22-8-11-5-6-12(20)7-14(11)21/h5-7,9-10,26H,4,8H2,1-3H3,(H,22,27). The van der Waals surface area contributed by atoms with Gasteiger partial charge in [-0.3, -0.25) is 14.4 Å². The van der Waals surface area contributed by atoms with E-state index in [4.69, 9.17) is 4.74 Å². The second-order valence-electron chi connectivity index (χ2n) is 6.02. The van der Waals surface area contributed by atoms with Gasteiger partial charge in [-0.2, -0.15) is 0 Å². The van der Waals surface area contributed by atoms with Crippen LogP contribution in [0, 0.1) is 11.6 Å². The van der Waals surface area contributed by atoms with Crippen LogP contribution >= 0.6 is 0 Å². The summed E-state index contributed by atoms with van der Waals surface area (Å²) in [5.74, 6) is -3.95. The smallest absolute Gasteiger partial charge is 0.257 e. The number of carbonyl (C=O) groups is 2. The van der Waals surface area contributed by atoms with Crippen LogP contribution in [0.2, 0.25) is 0 Å². The van der Waals surface area contributed by atoms with Gasteiger partial charge in [0.15, 0.2) is 5.75 Å². The number of ether oxygens (including phenoxy) is 1. The molecule has 0 bridgehead atoms. The van der Waals surface area contributed by atoms with Crippen molar-refractivity contribution in [3.63, 3.8) is 0 Å². The monoisotopic (exact) mass is 394 g/mol. The van der Waals surface area contributed by atoms with Crippen LogP contribution in [0.3, 0.4) is 0 Å². The summed E-state index contributed by atoms with van der Waals surface area (Å²) in [5.41, 5.74) is -1.68. The summed E-state index contributed by atoms with van der Waals surface area (Å²) < 4.78 is 32.8. The highest BCUT2D eigenvalue weighted by Gasteiger charge is 2.26. The molecule has 150 valence electrons. The molecule has 0 aliphatic rings. The lowest BCUT2D eigenvalue weighted by molar-refractivity contribution is 0.0641. The molecule has 28 heavy (non-hydrogen) atoms. The van der Waals surface area contributed by atoms with Crippen LogP contribution in [0.5, 0.6) is 5.75 Å². The predicted octanol–water partition coefficient (Wildman–Crippen LogP) is 2.00. The van der Waals surface area contributed by atoms with Gasteiger partial charge in [0.2, 0.25) is 11.2 Å². The number of aryl methyl sites for hydroxylation is 1. The van der Waals surface area contributed by atoms with Crippen molar-refractivity contribution >= 4 is 11.7 Å². The summed E-state index contributed by atoms with van der Waals surface area (Å²) in [5, 5.41) is 12.6. The third kappa shape index (κ3) is 4.25. The Morgan fingerprint density at radius 3 is 2.57 bits per heavy atom. The second-order valence-corrected chi connectivity index (χ2v) is 6.02. The first-order valence-corrected chi connectivity index (χ1v) is 8.46. The van der Waals surface area contributed by atoms with E-state index in [9.17, 15) is 28.3 Å². The van der Waals surface area contributed by atoms with E-state index in [0.29, 0.717) is 6.07 Å². The number of hydrogen-bond acceptors (Lipinski definition) is 5. The van der Waals surface area contributed by atoms with Crippen molar-refractivity contribution in [2.24, 2.45) is 0 Å². The van der Waals surface area contributed by atoms with Crippen LogP contribution in [-0.4, -0.2) is 34.6 Å². The Hall–Kier alpha value is -3.07. The molecule has 2 rings (SSSR count). The van der Waals surface area contributed by atoms with Gasteiger partial charge in [-0.15, -0.1) is 0 Å². The highest BCUT2D eigenvalue weighted by Crippen LogP contribution is 2.17. The molecule has 9 heteroatoms. The second kappa shape index (κ2) is 8.75. The van der Waals surface area contributed by atoms with Gasteiger partial charge in [-0.1, -0.05) is 6.07 Å². The molecule has 1 amide bonds. The van der Waals surface area contributed by atoms with Crippen LogP contribution < -0.4 is 10.7 Å². The number of methoxy groups -OCH3 is 1. The zero-order valence-electron chi connectivity index (χ0n) is 15.6. The summed E-state index contributed by atoms with van der Waals surface area (Å²) in [6.07, 6.45) is 0.248. The van der Waals surface area contributed by atoms with Gasteiger partial charge in [0, 0.05) is 38.0 Å². The number of benzene rings is 1. The van der Waals surface area contributed by atoms with E-state index >= 15 is 0 Å².